The Hall–Kier alpha value is -1.39. The molecule has 1 aliphatic rings. The van der Waals surface area contributed by atoms with Crippen LogP contribution in [0, 0.1) is 13.8 Å². The zero-order chi connectivity index (χ0) is 14.8. The average Bonchev–Trinajstić information content (AvgIpc) is 2.35. The molecule has 0 unspecified atom stereocenters. The van der Waals surface area contributed by atoms with Gasteiger partial charge in [-0.2, -0.15) is 0 Å². The summed E-state index contributed by atoms with van der Waals surface area (Å²) in [5.74, 6) is 0.0125. The first-order valence-electron chi connectivity index (χ1n) is 7.18. The second-order valence-electron chi connectivity index (χ2n) is 6.14. The van der Waals surface area contributed by atoms with E-state index in [9.17, 15) is 9.90 Å². The number of aryl methyl sites for hydroxylation is 2. The van der Waals surface area contributed by atoms with Crippen LogP contribution >= 0.6 is 0 Å². The lowest BCUT2D eigenvalue weighted by molar-refractivity contribution is -0.118. The van der Waals surface area contributed by atoms with Gasteiger partial charge in [0, 0.05) is 18.8 Å². The van der Waals surface area contributed by atoms with E-state index in [0.29, 0.717) is 6.54 Å². The van der Waals surface area contributed by atoms with Crippen molar-refractivity contribution in [1.29, 1.82) is 0 Å². The first-order valence-corrected chi connectivity index (χ1v) is 7.18. The Labute approximate surface area is 120 Å². The van der Waals surface area contributed by atoms with Gasteiger partial charge in [-0.15, -0.1) is 0 Å². The van der Waals surface area contributed by atoms with Crippen LogP contribution in [0.15, 0.2) is 18.2 Å². The fraction of sp³-hybridized carbons (Fsp3) is 0.562. The van der Waals surface area contributed by atoms with E-state index in [0.717, 1.165) is 37.2 Å². The van der Waals surface area contributed by atoms with E-state index in [1.54, 1.807) is 0 Å². The Bertz CT molecular complexity index is 487. The van der Waals surface area contributed by atoms with Gasteiger partial charge >= 0.3 is 0 Å². The van der Waals surface area contributed by atoms with E-state index in [2.05, 4.69) is 16.3 Å². The van der Waals surface area contributed by atoms with Crippen molar-refractivity contribution in [2.75, 3.05) is 25.0 Å². The quantitative estimate of drug-likeness (QED) is 0.889. The third-order valence-electron chi connectivity index (χ3n) is 3.96. The summed E-state index contributed by atoms with van der Waals surface area (Å²) in [6.07, 6.45) is 1.45. The maximum absolute atomic E-state index is 12.1. The number of carbonyl (C=O) groups excluding carboxylic acids is 1. The van der Waals surface area contributed by atoms with Gasteiger partial charge in [0.05, 0.1) is 12.1 Å². The van der Waals surface area contributed by atoms with Gasteiger partial charge in [0.2, 0.25) is 5.91 Å². The molecule has 0 saturated carbocycles. The minimum atomic E-state index is -0.569. The van der Waals surface area contributed by atoms with E-state index in [4.69, 9.17) is 0 Å². The number of benzene rings is 1. The van der Waals surface area contributed by atoms with Crippen LogP contribution in [0.1, 0.15) is 30.9 Å². The van der Waals surface area contributed by atoms with Crippen LogP contribution in [0.25, 0.3) is 0 Å². The van der Waals surface area contributed by atoms with Crippen molar-refractivity contribution in [3.8, 4) is 0 Å². The van der Waals surface area contributed by atoms with Crippen LogP contribution in [-0.2, 0) is 4.79 Å². The number of likely N-dealkylation sites (tertiary alicyclic amines) is 1. The van der Waals surface area contributed by atoms with E-state index < -0.39 is 5.60 Å². The minimum Gasteiger partial charge on any atom is -0.390 e. The lowest BCUT2D eigenvalue weighted by atomic mass is 9.94. The SMILES string of the molecule is Cc1ccc(NC(=O)CN2CCC(C)(O)CC2)c(C)c1. The van der Waals surface area contributed by atoms with Crippen LogP contribution in [0.4, 0.5) is 5.69 Å². The summed E-state index contributed by atoms with van der Waals surface area (Å²) >= 11 is 0. The number of hydrogen-bond acceptors (Lipinski definition) is 3. The molecule has 0 radical (unpaired) electrons. The van der Waals surface area contributed by atoms with Crippen LogP contribution in [0.2, 0.25) is 0 Å². The minimum absolute atomic E-state index is 0.0125. The first-order chi connectivity index (χ1) is 9.35. The summed E-state index contributed by atoms with van der Waals surface area (Å²) in [7, 11) is 0. The molecule has 0 atom stereocenters. The largest absolute Gasteiger partial charge is 0.390 e. The topological polar surface area (TPSA) is 52.6 Å². The summed E-state index contributed by atoms with van der Waals surface area (Å²) in [5, 5.41) is 12.9. The van der Waals surface area contributed by atoms with Gasteiger partial charge in [-0.1, -0.05) is 17.7 Å². The molecule has 2 N–H and O–H groups in total. The van der Waals surface area contributed by atoms with Gasteiger partial charge < -0.3 is 10.4 Å². The molecule has 0 bridgehead atoms. The molecule has 1 amide bonds. The second-order valence-corrected chi connectivity index (χ2v) is 6.14. The Morgan fingerprint density at radius 3 is 2.60 bits per heavy atom. The Balaban J connectivity index is 1.87. The number of amides is 1. The summed E-state index contributed by atoms with van der Waals surface area (Å²) in [4.78, 5) is 14.2. The number of aliphatic hydroxyl groups is 1. The van der Waals surface area contributed by atoms with E-state index in [-0.39, 0.29) is 5.91 Å². The van der Waals surface area contributed by atoms with Gasteiger partial charge in [-0.25, -0.2) is 0 Å². The Morgan fingerprint density at radius 2 is 2.00 bits per heavy atom. The monoisotopic (exact) mass is 276 g/mol. The molecule has 0 aliphatic carbocycles. The van der Waals surface area contributed by atoms with Gasteiger partial charge in [-0.3, -0.25) is 9.69 Å². The van der Waals surface area contributed by atoms with Crippen LogP contribution in [0.5, 0.6) is 0 Å². The Kier molecular flexibility index (Phi) is 4.45. The molecule has 110 valence electrons. The number of piperidine rings is 1. The van der Waals surface area contributed by atoms with Crippen molar-refractivity contribution in [2.45, 2.75) is 39.2 Å². The molecular weight excluding hydrogens is 252 g/mol. The highest BCUT2D eigenvalue weighted by Crippen LogP contribution is 2.21. The van der Waals surface area contributed by atoms with Crippen LogP contribution in [0.3, 0.4) is 0 Å². The predicted octanol–water partition coefficient (Wildman–Crippen LogP) is 2.09. The van der Waals surface area contributed by atoms with Gasteiger partial charge in [0.15, 0.2) is 0 Å². The van der Waals surface area contributed by atoms with Crippen molar-refractivity contribution in [2.24, 2.45) is 0 Å². The summed E-state index contributed by atoms with van der Waals surface area (Å²) in [6, 6.07) is 6.01. The molecule has 2 rings (SSSR count). The molecule has 1 fully saturated rings. The fourth-order valence-corrected chi connectivity index (χ4v) is 2.54. The molecule has 1 saturated heterocycles. The van der Waals surface area contributed by atoms with E-state index in [1.165, 1.54) is 5.56 Å². The van der Waals surface area contributed by atoms with Gasteiger partial charge in [0.25, 0.3) is 0 Å². The lowest BCUT2D eigenvalue weighted by Crippen LogP contribution is -2.45. The zero-order valence-corrected chi connectivity index (χ0v) is 12.6. The normalized spacial score (nSPS) is 18.8. The fourth-order valence-electron chi connectivity index (χ4n) is 2.54. The average molecular weight is 276 g/mol. The number of rotatable bonds is 3. The van der Waals surface area contributed by atoms with Crippen molar-refractivity contribution in [3.63, 3.8) is 0 Å². The highest BCUT2D eigenvalue weighted by Gasteiger charge is 2.27. The molecule has 4 nitrogen and oxygen atoms in total. The molecule has 1 aliphatic heterocycles. The number of nitrogens with one attached hydrogen (secondary N) is 1. The number of hydrogen-bond donors (Lipinski definition) is 2. The van der Waals surface area contributed by atoms with Gasteiger partial charge in [0.1, 0.15) is 0 Å². The highest BCUT2D eigenvalue weighted by atomic mass is 16.3. The maximum atomic E-state index is 12.1. The predicted molar refractivity (Wildman–Crippen MR) is 80.8 cm³/mol. The lowest BCUT2D eigenvalue weighted by Gasteiger charge is -2.35. The third-order valence-corrected chi connectivity index (χ3v) is 3.96. The molecule has 1 aromatic carbocycles. The number of anilines is 1. The van der Waals surface area contributed by atoms with Crippen LogP contribution < -0.4 is 5.32 Å². The van der Waals surface area contributed by atoms with E-state index in [1.807, 2.05) is 32.9 Å². The van der Waals surface area contributed by atoms with Crippen molar-refractivity contribution < 1.29 is 9.90 Å². The van der Waals surface area contributed by atoms with E-state index >= 15 is 0 Å². The standard InChI is InChI=1S/C16H24N2O2/c1-12-4-5-14(13(2)10-12)17-15(19)11-18-8-6-16(3,20)7-9-18/h4-5,10,20H,6-9,11H2,1-3H3,(H,17,19). The molecule has 1 heterocycles. The second kappa shape index (κ2) is 5.94. The summed E-state index contributed by atoms with van der Waals surface area (Å²) in [6.45, 7) is 7.84. The number of nitrogens with zero attached hydrogens (tertiary/aromatic N) is 1. The third kappa shape index (κ3) is 4.05. The molecule has 4 heteroatoms. The Morgan fingerprint density at radius 1 is 1.35 bits per heavy atom. The molecular formula is C16H24N2O2. The summed E-state index contributed by atoms with van der Waals surface area (Å²) in [5.41, 5.74) is 2.59. The smallest absolute Gasteiger partial charge is 0.238 e. The van der Waals surface area contributed by atoms with Crippen LogP contribution in [-0.4, -0.2) is 41.1 Å². The molecule has 1 aromatic rings. The summed E-state index contributed by atoms with van der Waals surface area (Å²) < 4.78 is 0. The first kappa shape index (κ1) is 15.0. The van der Waals surface area contributed by atoms with Crippen molar-refractivity contribution in [1.82, 2.24) is 4.90 Å². The zero-order valence-electron chi connectivity index (χ0n) is 12.6. The molecule has 0 spiro atoms. The highest BCUT2D eigenvalue weighted by molar-refractivity contribution is 5.93. The molecule has 0 aromatic heterocycles. The molecule has 20 heavy (non-hydrogen) atoms. The number of carbonyl (C=O) groups is 1. The maximum Gasteiger partial charge on any atom is 0.238 e. The van der Waals surface area contributed by atoms with Crippen molar-refractivity contribution in [3.05, 3.63) is 29.3 Å². The van der Waals surface area contributed by atoms with Crippen molar-refractivity contribution >= 4 is 11.6 Å². The van der Waals surface area contributed by atoms with Gasteiger partial charge in [-0.05, 0) is 45.2 Å².